The Bertz CT molecular complexity index is 641. The lowest BCUT2D eigenvalue weighted by Crippen LogP contribution is -2.12. The number of hydrogen-bond acceptors (Lipinski definition) is 4. The summed E-state index contributed by atoms with van der Waals surface area (Å²) in [5, 5.41) is 13.0. The van der Waals surface area contributed by atoms with Gasteiger partial charge in [0.2, 0.25) is 0 Å². The van der Waals surface area contributed by atoms with Gasteiger partial charge in [-0.1, -0.05) is 6.07 Å². The smallest absolute Gasteiger partial charge is 0.341 e. The first-order chi connectivity index (χ1) is 9.54. The average molecular weight is 356 g/mol. The molecule has 0 saturated heterocycles. The summed E-state index contributed by atoms with van der Waals surface area (Å²) in [7, 11) is 0. The molecule has 2 N–H and O–H groups in total. The van der Waals surface area contributed by atoms with E-state index in [9.17, 15) is 9.59 Å². The maximum Gasteiger partial charge on any atom is 0.341 e. The second-order valence-electron chi connectivity index (χ2n) is 3.80. The molecule has 0 unspecified atom stereocenters. The number of ether oxygens (including phenoxy) is 1. The minimum Gasteiger partial charge on any atom is -0.482 e. The van der Waals surface area contributed by atoms with Crippen molar-refractivity contribution in [2.45, 2.75) is 0 Å². The third-order valence-corrected chi connectivity index (χ3v) is 3.79. The van der Waals surface area contributed by atoms with E-state index in [0.717, 1.165) is 3.79 Å². The molecule has 0 aliphatic rings. The second kappa shape index (κ2) is 6.53. The molecule has 0 spiro atoms. The summed E-state index contributed by atoms with van der Waals surface area (Å²) < 4.78 is 5.92. The number of hydrogen-bond donors (Lipinski definition) is 2. The number of aliphatic carboxylic acids is 1. The van der Waals surface area contributed by atoms with E-state index in [-0.39, 0.29) is 5.91 Å². The maximum absolute atomic E-state index is 11.9. The van der Waals surface area contributed by atoms with Gasteiger partial charge in [-0.2, -0.15) is 0 Å². The molecule has 20 heavy (non-hydrogen) atoms. The number of nitrogens with one attached hydrogen (secondary N) is 1. The molecule has 0 radical (unpaired) electrons. The van der Waals surface area contributed by atoms with Crippen LogP contribution in [0.5, 0.6) is 5.75 Å². The Labute approximate surface area is 127 Å². The van der Waals surface area contributed by atoms with Gasteiger partial charge in [0.1, 0.15) is 5.75 Å². The monoisotopic (exact) mass is 355 g/mol. The van der Waals surface area contributed by atoms with Crippen molar-refractivity contribution in [3.05, 3.63) is 45.1 Å². The lowest BCUT2D eigenvalue weighted by molar-refractivity contribution is -0.139. The van der Waals surface area contributed by atoms with E-state index in [1.165, 1.54) is 11.3 Å². The van der Waals surface area contributed by atoms with Crippen LogP contribution in [-0.2, 0) is 4.79 Å². The van der Waals surface area contributed by atoms with Crippen molar-refractivity contribution in [1.82, 2.24) is 0 Å². The minimum absolute atomic E-state index is 0.234. The number of rotatable bonds is 5. The molecule has 5 nitrogen and oxygen atoms in total. The van der Waals surface area contributed by atoms with E-state index in [1.807, 2.05) is 0 Å². The van der Waals surface area contributed by atoms with Gasteiger partial charge in [0, 0.05) is 17.1 Å². The highest BCUT2D eigenvalue weighted by atomic mass is 79.9. The predicted octanol–water partition coefficient (Wildman–Crippen LogP) is 3.23. The van der Waals surface area contributed by atoms with Crippen molar-refractivity contribution >= 4 is 44.8 Å². The van der Waals surface area contributed by atoms with Gasteiger partial charge >= 0.3 is 5.97 Å². The molecule has 0 saturated carbocycles. The standard InChI is InChI=1S/C13H10BrNO4S/c14-11-4-8(7-20-11)13(18)15-9-2-1-3-10(5-9)19-6-12(16)17/h1-5,7H,6H2,(H,15,18)(H,16,17). The average Bonchev–Trinajstić information content (AvgIpc) is 2.84. The molecule has 1 aromatic carbocycles. The molecular weight excluding hydrogens is 346 g/mol. The lowest BCUT2D eigenvalue weighted by Gasteiger charge is -2.07. The summed E-state index contributed by atoms with van der Waals surface area (Å²) in [5.74, 6) is -0.901. The molecule has 1 aromatic heterocycles. The van der Waals surface area contributed by atoms with Crippen LogP contribution < -0.4 is 10.1 Å². The van der Waals surface area contributed by atoms with Crippen LogP contribution in [0, 0.1) is 0 Å². The molecule has 1 heterocycles. The Morgan fingerprint density at radius 1 is 1.35 bits per heavy atom. The van der Waals surface area contributed by atoms with Crippen LogP contribution in [0.2, 0.25) is 0 Å². The zero-order chi connectivity index (χ0) is 14.5. The van der Waals surface area contributed by atoms with E-state index < -0.39 is 12.6 Å². The third-order valence-electron chi connectivity index (χ3n) is 2.28. The number of thiophene rings is 1. The molecule has 2 aromatic rings. The number of carbonyl (C=O) groups excluding carboxylic acids is 1. The number of benzene rings is 1. The maximum atomic E-state index is 11.9. The fourth-order valence-corrected chi connectivity index (χ4v) is 2.58. The minimum atomic E-state index is -1.05. The molecule has 104 valence electrons. The van der Waals surface area contributed by atoms with Crippen molar-refractivity contribution < 1.29 is 19.4 Å². The second-order valence-corrected chi connectivity index (χ2v) is 6.09. The van der Waals surface area contributed by atoms with Crippen LogP contribution in [0.15, 0.2) is 39.5 Å². The summed E-state index contributed by atoms with van der Waals surface area (Å²) >= 11 is 4.72. The van der Waals surface area contributed by atoms with Crippen LogP contribution in [0.25, 0.3) is 0 Å². The topological polar surface area (TPSA) is 75.6 Å². The molecule has 1 amide bonds. The van der Waals surface area contributed by atoms with Crippen LogP contribution in [0.4, 0.5) is 5.69 Å². The zero-order valence-electron chi connectivity index (χ0n) is 10.1. The highest BCUT2D eigenvalue weighted by molar-refractivity contribution is 9.11. The first-order valence-corrected chi connectivity index (χ1v) is 7.22. The molecule has 0 atom stereocenters. The zero-order valence-corrected chi connectivity index (χ0v) is 12.5. The van der Waals surface area contributed by atoms with Crippen molar-refractivity contribution in [3.8, 4) is 5.75 Å². The number of halogens is 1. The number of amides is 1. The van der Waals surface area contributed by atoms with Crippen LogP contribution in [-0.4, -0.2) is 23.6 Å². The summed E-state index contributed by atoms with van der Waals surface area (Å²) in [4.78, 5) is 22.4. The van der Waals surface area contributed by atoms with Gasteiger partial charge in [0.05, 0.1) is 9.35 Å². The van der Waals surface area contributed by atoms with Crippen LogP contribution in [0.3, 0.4) is 0 Å². The molecule has 7 heteroatoms. The van der Waals surface area contributed by atoms with Gasteiger partial charge in [0.25, 0.3) is 5.91 Å². The van der Waals surface area contributed by atoms with E-state index in [2.05, 4.69) is 21.2 Å². The number of carbonyl (C=O) groups is 2. The summed E-state index contributed by atoms with van der Waals surface area (Å²) in [6.45, 7) is -0.422. The Hall–Kier alpha value is -1.86. The van der Waals surface area contributed by atoms with Crippen LogP contribution >= 0.6 is 27.3 Å². The largest absolute Gasteiger partial charge is 0.482 e. The molecule has 0 aliphatic carbocycles. The van der Waals surface area contributed by atoms with Gasteiger partial charge in [-0.25, -0.2) is 4.79 Å². The number of carboxylic acid groups (broad SMARTS) is 1. The first-order valence-electron chi connectivity index (χ1n) is 5.54. The third kappa shape index (κ3) is 4.07. The Morgan fingerprint density at radius 2 is 2.15 bits per heavy atom. The molecule has 2 rings (SSSR count). The Kier molecular flexibility index (Phi) is 4.75. The predicted molar refractivity (Wildman–Crippen MR) is 79.5 cm³/mol. The Morgan fingerprint density at radius 3 is 2.80 bits per heavy atom. The number of anilines is 1. The quantitative estimate of drug-likeness (QED) is 0.863. The van der Waals surface area contributed by atoms with Crippen molar-refractivity contribution in [1.29, 1.82) is 0 Å². The van der Waals surface area contributed by atoms with E-state index >= 15 is 0 Å². The van der Waals surface area contributed by atoms with Gasteiger partial charge in [-0.15, -0.1) is 11.3 Å². The SMILES string of the molecule is O=C(O)COc1cccc(NC(=O)c2csc(Br)c2)c1. The first kappa shape index (κ1) is 14.5. The fourth-order valence-electron chi connectivity index (χ4n) is 1.44. The van der Waals surface area contributed by atoms with Crippen molar-refractivity contribution in [2.24, 2.45) is 0 Å². The lowest BCUT2D eigenvalue weighted by atomic mass is 10.2. The normalized spacial score (nSPS) is 10.1. The van der Waals surface area contributed by atoms with Gasteiger partial charge in [0.15, 0.2) is 6.61 Å². The van der Waals surface area contributed by atoms with Crippen molar-refractivity contribution in [2.75, 3.05) is 11.9 Å². The Balaban J connectivity index is 2.04. The molecule has 0 aliphatic heterocycles. The molecule has 0 fully saturated rings. The van der Waals surface area contributed by atoms with Crippen molar-refractivity contribution in [3.63, 3.8) is 0 Å². The van der Waals surface area contributed by atoms with E-state index in [1.54, 1.807) is 35.7 Å². The van der Waals surface area contributed by atoms with Crippen LogP contribution in [0.1, 0.15) is 10.4 Å². The number of carboxylic acids is 1. The highest BCUT2D eigenvalue weighted by Crippen LogP contribution is 2.22. The summed E-state index contributed by atoms with van der Waals surface area (Å²) in [6, 6.07) is 8.30. The fraction of sp³-hybridized carbons (Fsp3) is 0.0769. The highest BCUT2D eigenvalue weighted by Gasteiger charge is 2.09. The molecule has 0 bridgehead atoms. The summed E-state index contributed by atoms with van der Waals surface area (Å²) in [5.41, 5.74) is 1.10. The molecular formula is C13H10BrNO4S. The summed E-state index contributed by atoms with van der Waals surface area (Å²) in [6.07, 6.45) is 0. The van der Waals surface area contributed by atoms with Gasteiger partial charge < -0.3 is 15.2 Å². The van der Waals surface area contributed by atoms with E-state index in [0.29, 0.717) is 17.0 Å². The van der Waals surface area contributed by atoms with Gasteiger partial charge in [-0.3, -0.25) is 4.79 Å². The van der Waals surface area contributed by atoms with Gasteiger partial charge in [-0.05, 0) is 34.1 Å². The van der Waals surface area contributed by atoms with E-state index in [4.69, 9.17) is 9.84 Å².